The average Bonchev–Trinajstić information content (AvgIpc) is 2.50. The van der Waals surface area contributed by atoms with E-state index in [0.717, 1.165) is 4.47 Å². The fourth-order valence-electron chi connectivity index (χ4n) is 2.45. The maximum atomic E-state index is 12.4. The summed E-state index contributed by atoms with van der Waals surface area (Å²) >= 11 is 9.48. The Kier molecular flexibility index (Phi) is 4.29. The van der Waals surface area contributed by atoms with Crippen LogP contribution >= 0.6 is 27.5 Å². The Morgan fingerprint density at radius 2 is 2.00 bits per heavy atom. The van der Waals surface area contributed by atoms with Crippen LogP contribution in [0.3, 0.4) is 0 Å². The number of carbonyl (C=O) groups is 1. The second kappa shape index (κ2) is 6.18. The van der Waals surface area contributed by atoms with Crippen LogP contribution in [0.15, 0.2) is 46.9 Å². The van der Waals surface area contributed by atoms with Crippen molar-refractivity contribution >= 4 is 39.1 Å². The Balaban J connectivity index is 1.74. The highest BCUT2D eigenvalue weighted by atomic mass is 79.9. The van der Waals surface area contributed by atoms with Gasteiger partial charge in [0.15, 0.2) is 0 Å². The number of halogens is 2. The van der Waals surface area contributed by atoms with Crippen molar-refractivity contribution in [3.8, 4) is 0 Å². The van der Waals surface area contributed by atoms with Gasteiger partial charge < -0.3 is 10.6 Å². The number of rotatable bonds is 2. The molecule has 1 aliphatic rings. The lowest BCUT2D eigenvalue weighted by Crippen LogP contribution is -2.44. The molecule has 2 aromatic carbocycles. The van der Waals surface area contributed by atoms with Gasteiger partial charge in [-0.05, 0) is 35.7 Å². The summed E-state index contributed by atoms with van der Waals surface area (Å²) in [5.41, 5.74) is 3.09. The summed E-state index contributed by atoms with van der Waals surface area (Å²) in [4.78, 5) is 12.4. The lowest BCUT2D eigenvalue weighted by atomic mass is 9.95. The predicted molar refractivity (Wildman–Crippen MR) is 88.6 cm³/mol. The van der Waals surface area contributed by atoms with Gasteiger partial charge in [0, 0.05) is 11.0 Å². The third kappa shape index (κ3) is 3.28. The Bertz CT molecular complexity index is 690. The summed E-state index contributed by atoms with van der Waals surface area (Å²) in [7, 11) is 0. The molecule has 0 saturated heterocycles. The highest BCUT2D eigenvalue weighted by Gasteiger charge is 2.24. The van der Waals surface area contributed by atoms with E-state index in [0.29, 0.717) is 23.7 Å². The zero-order valence-corrected chi connectivity index (χ0v) is 13.5. The van der Waals surface area contributed by atoms with Gasteiger partial charge in [-0.15, -0.1) is 0 Å². The number of fused-ring (bicyclic) bond motifs is 1. The second-order valence-corrected chi connectivity index (χ2v) is 6.34. The molecule has 3 nitrogen and oxygen atoms in total. The first-order valence-corrected chi connectivity index (χ1v) is 7.86. The van der Waals surface area contributed by atoms with Crippen molar-refractivity contribution in [1.29, 1.82) is 0 Å². The molecule has 2 aromatic rings. The smallest absolute Gasteiger partial charge is 0.241 e. The van der Waals surface area contributed by atoms with Gasteiger partial charge in [-0.25, -0.2) is 0 Å². The largest absolute Gasteiger partial charge is 0.323 e. The van der Waals surface area contributed by atoms with E-state index >= 15 is 0 Å². The van der Waals surface area contributed by atoms with Gasteiger partial charge in [-0.3, -0.25) is 4.79 Å². The summed E-state index contributed by atoms with van der Waals surface area (Å²) in [6, 6.07) is 13.3. The fourth-order valence-corrected chi connectivity index (χ4v) is 2.98. The topological polar surface area (TPSA) is 41.1 Å². The van der Waals surface area contributed by atoms with Crippen molar-refractivity contribution in [1.82, 2.24) is 5.32 Å². The molecule has 2 N–H and O–H groups in total. The van der Waals surface area contributed by atoms with Gasteiger partial charge in [-0.1, -0.05) is 51.8 Å². The molecule has 21 heavy (non-hydrogen) atoms. The van der Waals surface area contributed by atoms with Crippen LogP contribution < -0.4 is 10.6 Å². The van der Waals surface area contributed by atoms with Gasteiger partial charge in [0.05, 0.1) is 16.8 Å². The molecular formula is C16H14BrClN2O. The van der Waals surface area contributed by atoms with Crippen molar-refractivity contribution in [2.24, 2.45) is 0 Å². The van der Waals surface area contributed by atoms with E-state index in [2.05, 4.69) is 38.7 Å². The molecule has 0 unspecified atom stereocenters. The number of anilines is 1. The van der Waals surface area contributed by atoms with E-state index in [4.69, 9.17) is 11.6 Å². The number of carbonyl (C=O) groups excluding carboxylic acids is 1. The lowest BCUT2D eigenvalue weighted by Gasteiger charge is -2.25. The number of benzene rings is 2. The first-order chi connectivity index (χ1) is 10.1. The summed E-state index contributed by atoms with van der Waals surface area (Å²) in [6.07, 6.45) is 0.688. The first-order valence-electron chi connectivity index (χ1n) is 6.69. The van der Waals surface area contributed by atoms with Crippen LogP contribution in [0.25, 0.3) is 0 Å². The molecule has 1 aliphatic heterocycles. The van der Waals surface area contributed by atoms with Crippen LogP contribution in [-0.2, 0) is 17.8 Å². The Morgan fingerprint density at radius 3 is 2.81 bits per heavy atom. The van der Waals surface area contributed by atoms with Crippen LogP contribution in [0.4, 0.5) is 5.69 Å². The molecule has 0 aliphatic carbocycles. The average molecular weight is 366 g/mol. The molecule has 0 radical (unpaired) electrons. The molecule has 0 aromatic heterocycles. The Labute approximate surface area is 136 Å². The van der Waals surface area contributed by atoms with E-state index in [1.165, 1.54) is 11.1 Å². The number of nitrogens with one attached hydrogen (secondary N) is 2. The lowest BCUT2D eigenvalue weighted by molar-refractivity contribution is -0.118. The van der Waals surface area contributed by atoms with Crippen LogP contribution in [-0.4, -0.2) is 11.9 Å². The van der Waals surface area contributed by atoms with Crippen molar-refractivity contribution in [2.75, 3.05) is 5.32 Å². The summed E-state index contributed by atoms with van der Waals surface area (Å²) in [5, 5.41) is 6.68. The van der Waals surface area contributed by atoms with Gasteiger partial charge in [0.2, 0.25) is 5.91 Å². The molecule has 5 heteroatoms. The third-order valence-electron chi connectivity index (χ3n) is 3.58. The summed E-state index contributed by atoms with van der Waals surface area (Å²) in [5.74, 6) is -0.0653. The van der Waals surface area contributed by atoms with Crippen molar-refractivity contribution in [2.45, 2.75) is 19.0 Å². The van der Waals surface area contributed by atoms with Gasteiger partial charge in [0.25, 0.3) is 0 Å². The highest BCUT2D eigenvalue weighted by molar-refractivity contribution is 9.10. The van der Waals surface area contributed by atoms with E-state index in [1.54, 1.807) is 12.1 Å². The minimum atomic E-state index is -0.241. The molecule has 0 spiro atoms. The molecule has 1 atom stereocenters. The van der Waals surface area contributed by atoms with Crippen molar-refractivity contribution in [3.05, 3.63) is 63.1 Å². The van der Waals surface area contributed by atoms with Gasteiger partial charge in [0.1, 0.15) is 0 Å². The van der Waals surface area contributed by atoms with Crippen molar-refractivity contribution in [3.63, 3.8) is 0 Å². The zero-order valence-electron chi connectivity index (χ0n) is 11.2. The van der Waals surface area contributed by atoms with E-state index in [-0.39, 0.29) is 11.9 Å². The van der Waals surface area contributed by atoms with Crippen LogP contribution in [0.5, 0.6) is 0 Å². The monoisotopic (exact) mass is 364 g/mol. The molecule has 0 bridgehead atoms. The minimum Gasteiger partial charge on any atom is -0.323 e. The molecule has 3 rings (SSSR count). The van der Waals surface area contributed by atoms with E-state index in [1.807, 2.05) is 18.2 Å². The second-order valence-electron chi connectivity index (χ2n) is 5.02. The molecule has 1 heterocycles. The standard InChI is InChI=1S/C16H14BrClN2O/c17-12-5-6-13(18)14(8-12)20-16(21)15-7-10-3-1-2-4-11(10)9-19-15/h1-6,8,15,19H,7,9H2,(H,20,21)/t15-/m1/s1. The van der Waals surface area contributed by atoms with Crippen LogP contribution in [0.1, 0.15) is 11.1 Å². The van der Waals surface area contributed by atoms with Gasteiger partial charge >= 0.3 is 0 Å². The molecule has 0 saturated carbocycles. The van der Waals surface area contributed by atoms with Gasteiger partial charge in [-0.2, -0.15) is 0 Å². The fraction of sp³-hybridized carbons (Fsp3) is 0.188. The van der Waals surface area contributed by atoms with E-state index in [9.17, 15) is 4.79 Å². The maximum absolute atomic E-state index is 12.4. The molecular weight excluding hydrogens is 352 g/mol. The number of amides is 1. The van der Waals surface area contributed by atoms with E-state index < -0.39 is 0 Å². The van der Waals surface area contributed by atoms with Crippen LogP contribution in [0.2, 0.25) is 5.02 Å². The minimum absolute atomic E-state index is 0.0653. The summed E-state index contributed by atoms with van der Waals surface area (Å²) < 4.78 is 0.879. The molecule has 0 fully saturated rings. The predicted octanol–water partition coefficient (Wildman–Crippen LogP) is 3.76. The van der Waals surface area contributed by atoms with Crippen LogP contribution in [0, 0.1) is 0 Å². The quantitative estimate of drug-likeness (QED) is 0.851. The summed E-state index contributed by atoms with van der Waals surface area (Å²) in [6.45, 7) is 0.709. The number of hydrogen-bond donors (Lipinski definition) is 2. The van der Waals surface area contributed by atoms with Crippen molar-refractivity contribution < 1.29 is 4.79 Å². The zero-order chi connectivity index (χ0) is 14.8. The Morgan fingerprint density at radius 1 is 1.24 bits per heavy atom. The maximum Gasteiger partial charge on any atom is 0.241 e. The third-order valence-corrected chi connectivity index (χ3v) is 4.41. The highest BCUT2D eigenvalue weighted by Crippen LogP contribution is 2.26. The first kappa shape index (κ1) is 14.6. The normalized spacial score (nSPS) is 17.1. The Hall–Kier alpha value is -1.36. The SMILES string of the molecule is O=C(Nc1cc(Br)ccc1Cl)[C@H]1Cc2ccccc2CN1. The number of hydrogen-bond acceptors (Lipinski definition) is 2. The molecule has 108 valence electrons. The molecule has 1 amide bonds.